The fourth-order valence-corrected chi connectivity index (χ4v) is 4.07. The minimum Gasteiger partial charge on any atom is -0.870 e. The molecular weight excluding hydrogens is 416 g/mol. The molecule has 11 heteroatoms. The van der Waals surface area contributed by atoms with Crippen LogP contribution >= 0.6 is 11.8 Å². The van der Waals surface area contributed by atoms with Gasteiger partial charge in [-0.3, -0.25) is 20.2 Å². The zero-order valence-electron chi connectivity index (χ0n) is 18.3. The van der Waals surface area contributed by atoms with Crippen LogP contribution in [0.5, 0.6) is 0 Å². The maximum Gasteiger partial charge on any atom is 0.322 e. The quantitative estimate of drug-likeness (QED) is 0.287. The largest absolute Gasteiger partial charge is 0.870 e. The molecule has 2 heterocycles. The first-order chi connectivity index (χ1) is 12.5. The van der Waals surface area contributed by atoms with Crippen molar-refractivity contribution < 1.29 is 24.7 Å². The Balaban J connectivity index is 0.000000523. The van der Waals surface area contributed by atoms with Gasteiger partial charge in [0.15, 0.2) is 5.54 Å². The summed E-state index contributed by atoms with van der Waals surface area (Å²) in [5, 5.41) is 9.77. The van der Waals surface area contributed by atoms with Gasteiger partial charge in [0.05, 0.1) is 0 Å². The lowest BCUT2D eigenvalue weighted by Crippen LogP contribution is -2.49. The van der Waals surface area contributed by atoms with Gasteiger partial charge in [0.2, 0.25) is 0 Å². The van der Waals surface area contributed by atoms with Gasteiger partial charge >= 0.3 is 12.1 Å². The van der Waals surface area contributed by atoms with Gasteiger partial charge in [-0.05, 0) is 46.4 Å². The Kier molecular flexibility index (Phi) is 9.08. The molecule has 2 fully saturated rings. The van der Waals surface area contributed by atoms with Gasteiger partial charge in [0.25, 0.3) is 11.8 Å². The number of carbonyl (C=O) groups is 4. The summed E-state index contributed by atoms with van der Waals surface area (Å²) < 4.78 is 0.243. The topological polar surface area (TPSA) is 146 Å². The number of thiol groups is 1. The third-order valence-corrected chi connectivity index (χ3v) is 7.23. The average molecular weight is 451 g/mol. The Labute approximate surface area is 181 Å². The van der Waals surface area contributed by atoms with Crippen LogP contribution in [-0.2, 0) is 21.4 Å². The van der Waals surface area contributed by atoms with Crippen molar-refractivity contribution in [2.24, 2.45) is 0 Å². The molecule has 0 aromatic rings. The fourth-order valence-electron chi connectivity index (χ4n) is 2.13. The van der Waals surface area contributed by atoms with Crippen molar-refractivity contribution in [3.63, 3.8) is 0 Å². The molecule has 2 atom stereocenters. The Morgan fingerprint density at radius 3 is 1.55 bits per heavy atom. The standard InChI is InChI=1S/2C9H16N2O2S.H2O/c2*1-8(2,3)14-5-9(4)6(12)10-7(13)11-9;/h2*5H2,1-4H3,(H2,10,11,12,13);1H2/t2*9-;/m11./s1. The Hall–Kier alpha value is -1.46. The highest BCUT2D eigenvalue weighted by atomic mass is 32.2. The van der Waals surface area contributed by atoms with Gasteiger partial charge in [-0.15, -0.1) is 0 Å². The van der Waals surface area contributed by atoms with Crippen LogP contribution in [0.25, 0.3) is 0 Å². The molecule has 29 heavy (non-hydrogen) atoms. The van der Waals surface area contributed by atoms with E-state index in [0.29, 0.717) is 11.5 Å². The molecule has 0 aliphatic carbocycles. The van der Waals surface area contributed by atoms with Crippen molar-refractivity contribution in [3.8, 4) is 0 Å². The molecule has 168 valence electrons. The van der Waals surface area contributed by atoms with Gasteiger partial charge in [0, 0.05) is 10.5 Å². The Morgan fingerprint density at radius 1 is 0.828 bits per heavy atom. The van der Waals surface area contributed by atoms with Crippen LogP contribution < -0.4 is 21.3 Å². The predicted molar refractivity (Wildman–Crippen MR) is 118 cm³/mol. The van der Waals surface area contributed by atoms with Gasteiger partial charge in [-0.1, -0.05) is 20.8 Å². The molecule has 0 aromatic heterocycles. The maximum atomic E-state index is 11.4. The molecule has 0 aromatic carbocycles. The third-order valence-electron chi connectivity index (χ3n) is 3.90. The van der Waals surface area contributed by atoms with Crippen LogP contribution in [0.2, 0.25) is 0 Å². The van der Waals surface area contributed by atoms with Crippen LogP contribution in [-0.4, -0.2) is 61.4 Å². The molecule has 0 unspecified atom stereocenters. The zero-order valence-corrected chi connectivity index (χ0v) is 20.1. The van der Waals surface area contributed by atoms with Gasteiger partial charge in [-0.25, -0.2) is 9.59 Å². The average Bonchev–Trinajstić information content (AvgIpc) is 2.90. The molecule has 0 bridgehead atoms. The van der Waals surface area contributed by atoms with E-state index in [-0.39, 0.29) is 32.8 Å². The monoisotopic (exact) mass is 450 g/mol. The second kappa shape index (κ2) is 9.57. The number of thioether (sulfide) groups is 1. The number of imide groups is 2. The molecule has 2 saturated heterocycles. The van der Waals surface area contributed by atoms with Crippen molar-refractivity contribution >= 4 is 47.4 Å². The molecule has 2 aliphatic heterocycles. The highest BCUT2D eigenvalue weighted by Gasteiger charge is 2.45. The molecule has 2 rings (SSSR count). The van der Waals surface area contributed by atoms with E-state index >= 15 is 0 Å². The number of hydrogen-bond donors (Lipinski definition) is 4. The summed E-state index contributed by atoms with van der Waals surface area (Å²) in [6.45, 7) is 16.0. The number of urea groups is 2. The highest BCUT2D eigenvalue weighted by molar-refractivity contribution is 8.00. The summed E-state index contributed by atoms with van der Waals surface area (Å²) in [5.74, 6) is 0.779. The van der Waals surface area contributed by atoms with Crippen LogP contribution in [0.3, 0.4) is 0 Å². The van der Waals surface area contributed by atoms with Crippen molar-refractivity contribution in [2.45, 2.75) is 76.0 Å². The summed E-state index contributed by atoms with van der Waals surface area (Å²) in [6, 6.07) is -0.784. The van der Waals surface area contributed by atoms with Crippen LogP contribution in [0, 0.1) is 0 Å². The Bertz CT molecular complexity index is 604. The first-order valence-corrected chi connectivity index (χ1v) is 11.1. The first-order valence-electron chi connectivity index (χ1n) is 9.06. The van der Waals surface area contributed by atoms with E-state index < -0.39 is 17.1 Å². The van der Waals surface area contributed by atoms with Crippen molar-refractivity contribution in [1.29, 1.82) is 0 Å². The third kappa shape index (κ3) is 8.83. The lowest BCUT2D eigenvalue weighted by molar-refractivity contribution is -0.123. The SMILES string of the molecule is CC(C)(C)SC[C@@]1(C)NC(=O)NC1=O.CC(C)(C)[SH+]C[C@@]1(C)NC(=O)NC1=O.[OH-]. The van der Waals surface area contributed by atoms with E-state index in [1.165, 1.54) is 0 Å². The van der Waals surface area contributed by atoms with Crippen LogP contribution in [0.15, 0.2) is 0 Å². The molecule has 0 spiro atoms. The maximum absolute atomic E-state index is 11.4. The molecule has 0 radical (unpaired) electrons. The molecule has 9 nitrogen and oxygen atoms in total. The lowest BCUT2D eigenvalue weighted by atomic mass is 10.1. The highest BCUT2D eigenvalue weighted by Crippen LogP contribution is 2.28. The van der Waals surface area contributed by atoms with Crippen LogP contribution in [0.4, 0.5) is 9.59 Å². The number of rotatable bonds is 4. The van der Waals surface area contributed by atoms with E-state index in [1.54, 1.807) is 25.6 Å². The lowest BCUT2D eigenvalue weighted by Gasteiger charge is -2.25. The van der Waals surface area contributed by atoms with Crippen molar-refractivity contribution in [1.82, 2.24) is 21.3 Å². The molecular formula is C18H34N4O5S2. The minimum atomic E-state index is -0.755. The van der Waals surface area contributed by atoms with Crippen molar-refractivity contribution in [3.05, 3.63) is 0 Å². The number of hydrogen-bond acceptors (Lipinski definition) is 6. The molecule has 6 amide bonds. The van der Waals surface area contributed by atoms with E-state index in [0.717, 1.165) is 11.8 Å². The smallest absolute Gasteiger partial charge is 0.322 e. The van der Waals surface area contributed by atoms with Crippen LogP contribution in [0.1, 0.15) is 55.4 Å². The van der Waals surface area contributed by atoms with E-state index in [4.69, 9.17) is 0 Å². The Morgan fingerprint density at radius 2 is 1.24 bits per heavy atom. The van der Waals surface area contributed by atoms with Gasteiger partial charge in [-0.2, -0.15) is 11.8 Å². The fraction of sp³-hybridized carbons (Fsp3) is 0.778. The van der Waals surface area contributed by atoms with E-state index in [2.05, 4.69) is 62.8 Å². The predicted octanol–water partition coefficient (Wildman–Crippen LogP) is 1.14. The summed E-state index contributed by atoms with van der Waals surface area (Å²) >= 11 is 2.81. The summed E-state index contributed by atoms with van der Waals surface area (Å²) in [4.78, 5) is 44.7. The molecule has 0 saturated carbocycles. The molecule has 2 aliphatic rings. The van der Waals surface area contributed by atoms with Gasteiger partial charge < -0.3 is 16.1 Å². The number of carbonyl (C=O) groups excluding carboxylic acids is 4. The van der Waals surface area contributed by atoms with Crippen molar-refractivity contribution in [2.75, 3.05) is 11.5 Å². The zero-order chi connectivity index (χ0) is 22.0. The van der Waals surface area contributed by atoms with E-state index in [1.807, 2.05) is 0 Å². The molecule has 5 N–H and O–H groups in total. The van der Waals surface area contributed by atoms with Gasteiger partial charge in [0.1, 0.15) is 16.0 Å². The first kappa shape index (κ1) is 27.5. The number of nitrogens with one attached hydrogen (secondary N) is 4. The minimum absolute atomic E-state index is 0. The normalized spacial score (nSPS) is 26.5. The van der Waals surface area contributed by atoms with E-state index in [9.17, 15) is 19.2 Å². The summed E-state index contributed by atoms with van der Waals surface area (Å²) in [7, 11) is 0. The second-order valence-corrected chi connectivity index (χ2v) is 13.1. The number of amides is 6. The summed E-state index contributed by atoms with van der Waals surface area (Å²) in [6.07, 6.45) is 0. The summed E-state index contributed by atoms with van der Waals surface area (Å²) in [5.41, 5.74) is -1.49. The second-order valence-electron chi connectivity index (χ2n) is 9.37.